The Balaban J connectivity index is 1.55. The van der Waals surface area contributed by atoms with Crippen LogP contribution in [0.25, 0.3) is 0 Å². The van der Waals surface area contributed by atoms with Crippen LogP contribution in [0.15, 0.2) is 10.9 Å². The molecule has 0 aliphatic carbocycles. The summed E-state index contributed by atoms with van der Waals surface area (Å²) in [5.74, 6) is -0.249. The zero-order valence-electron chi connectivity index (χ0n) is 15.5. The SMILES string of the molecule is Cc1cc(C(=O)NC2CCN(C[C@@H]3CCCO3)CC2)c(=O)n(C)c1C. The van der Waals surface area contributed by atoms with Crippen LogP contribution in [0, 0.1) is 13.8 Å². The average Bonchev–Trinajstić information content (AvgIpc) is 3.11. The zero-order chi connectivity index (χ0) is 18.0. The van der Waals surface area contributed by atoms with Gasteiger partial charge >= 0.3 is 0 Å². The van der Waals surface area contributed by atoms with Crippen LogP contribution in [-0.2, 0) is 11.8 Å². The number of carbonyl (C=O) groups is 1. The van der Waals surface area contributed by atoms with E-state index in [2.05, 4.69) is 10.2 Å². The van der Waals surface area contributed by atoms with Crippen molar-refractivity contribution in [2.45, 2.75) is 51.7 Å². The lowest BCUT2D eigenvalue weighted by molar-refractivity contribution is 0.0612. The molecule has 6 heteroatoms. The van der Waals surface area contributed by atoms with E-state index in [-0.39, 0.29) is 23.1 Å². The fraction of sp³-hybridized carbons (Fsp3) is 0.684. The molecule has 1 N–H and O–H groups in total. The van der Waals surface area contributed by atoms with E-state index in [1.165, 1.54) is 6.42 Å². The van der Waals surface area contributed by atoms with E-state index >= 15 is 0 Å². The Hall–Kier alpha value is -1.66. The third-order valence-electron chi connectivity index (χ3n) is 5.62. The van der Waals surface area contributed by atoms with Crippen LogP contribution < -0.4 is 10.9 Å². The van der Waals surface area contributed by atoms with E-state index in [4.69, 9.17) is 4.74 Å². The van der Waals surface area contributed by atoms with Gasteiger partial charge in [-0.1, -0.05) is 0 Å². The molecule has 3 heterocycles. The van der Waals surface area contributed by atoms with Crippen molar-refractivity contribution in [1.82, 2.24) is 14.8 Å². The molecule has 138 valence electrons. The van der Waals surface area contributed by atoms with Crippen molar-refractivity contribution in [2.75, 3.05) is 26.2 Å². The van der Waals surface area contributed by atoms with Crippen LogP contribution >= 0.6 is 0 Å². The molecule has 0 unspecified atom stereocenters. The Kier molecular flexibility index (Phi) is 5.59. The highest BCUT2D eigenvalue weighted by atomic mass is 16.5. The maximum absolute atomic E-state index is 12.6. The second kappa shape index (κ2) is 7.70. The van der Waals surface area contributed by atoms with E-state index in [0.29, 0.717) is 6.10 Å². The number of rotatable bonds is 4. The molecule has 3 rings (SSSR count). The summed E-state index contributed by atoms with van der Waals surface area (Å²) in [6, 6.07) is 1.85. The largest absolute Gasteiger partial charge is 0.377 e. The molecule has 1 amide bonds. The van der Waals surface area contributed by atoms with Crippen molar-refractivity contribution < 1.29 is 9.53 Å². The molecule has 0 saturated carbocycles. The van der Waals surface area contributed by atoms with Crippen molar-refractivity contribution >= 4 is 5.91 Å². The van der Waals surface area contributed by atoms with Crippen LogP contribution in [0.5, 0.6) is 0 Å². The highest BCUT2D eigenvalue weighted by Gasteiger charge is 2.25. The first-order valence-electron chi connectivity index (χ1n) is 9.27. The van der Waals surface area contributed by atoms with Gasteiger partial charge in [-0.25, -0.2) is 0 Å². The van der Waals surface area contributed by atoms with Crippen LogP contribution in [0.3, 0.4) is 0 Å². The molecular weight excluding hydrogens is 318 g/mol. The molecule has 0 aromatic carbocycles. The van der Waals surface area contributed by atoms with Crippen LogP contribution in [0.4, 0.5) is 0 Å². The van der Waals surface area contributed by atoms with Gasteiger partial charge in [0, 0.05) is 45.0 Å². The van der Waals surface area contributed by atoms with Crippen LogP contribution in [0.1, 0.15) is 47.3 Å². The lowest BCUT2D eigenvalue weighted by atomic mass is 10.0. The molecule has 1 atom stereocenters. The van der Waals surface area contributed by atoms with E-state index in [1.54, 1.807) is 17.7 Å². The van der Waals surface area contributed by atoms with Gasteiger partial charge in [-0.3, -0.25) is 9.59 Å². The maximum Gasteiger partial charge on any atom is 0.263 e. The molecule has 2 fully saturated rings. The minimum atomic E-state index is -0.249. The van der Waals surface area contributed by atoms with Gasteiger partial charge < -0.3 is 19.5 Å². The maximum atomic E-state index is 12.6. The number of pyridine rings is 1. The topological polar surface area (TPSA) is 63.6 Å². The summed E-state index contributed by atoms with van der Waals surface area (Å²) >= 11 is 0. The van der Waals surface area contributed by atoms with Gasteiger partial charge in [0.05, 0.1) is 6.10 Å². The van der Waals surface area contributed by atoms with E-state index in [9.17, 15) is 9.59 Å². The fourth-order valence-corrected chi connectivity index (χ4v) is 3.74. The summed E-state index contributed by atoms with van der Waals surface area (Å²) in [5.41, 5.74) is 1.87. The van der Waals surface area contributed by atoms with Crippen molar-refractivity contribution in [2.24, 2.45) is 7.05 Å². The molecule has 2 aliphatic rings. The molecule has 2 aliphatic heterocycles. The second-order valence-corrected chi connectivity index (χ2v) is 7.37. The van der Waals surface area contributed by atoms with E-state index < -0.39 is 0 Å². The standard InChI is InChI=1S/C19H29N3O3/c1-13-11-17(19(24)21(3)14(13)2)18(23)20-15-6-8-22(9-7-15)12-16-5-4-10-25-16/h11,15-16H,4-10,12H2,1-3H3,(H,20,23)/t16-/m0/s1. The van der Waals surface area contributed by atoms with E-state index in [0.717, 1.165) is 56.8 Å². The molecule has 6 nitrogen and oxygen atoms in total. The van der Waals surface area contributed by atoms with Gasteiger partial charge in [-0.2, -0.15) is 0 Å². The highest BCUT2D eigenvalue weighted by molar-refractivity contribution is 5.94. The summed E-state index contributed by atoms with van der Waals surface area (Å²) in [6.45, 7) is 7.64. The number of likely N-dealkylation sites (tertiary alicyclic amines) is 1. The number of nitrogens with zero attached hydrogens (tertiary/aromatic N) is 2. The minimum absolute atomic E-state index is 0.138. The molecular formula is C19H29N3O3. The molecule has 0 radical (unpaired) electrons. The quantitative estimate of drug-likeness (QED) is 0.894. The van der Waals surface area contributed by atoms with Crippen molar-refractivity contribution in [3.05, 3.63) is 33.2 Å². The number of nitrogens with one attached hydrogen (secondary N) is 1. The number of aromatic nitrogens is 1. The Morgan fingerprint density at radius 1 is 1.28 bits per heavy atom. The monoisotopic (exact) mass is 347 g/mol. The van der Waals surface area contributed by atoms with Crippen LogP contribution in [-0.4, -0.2) is 53.8 Å². The van der Waals surface area contributed by atoms with Gasteiger partial charge in [0.1, 0.15) is 5.56 Å². The molecule has 1 aromatic heterocycles. The first-order valence-corrected chi connectivity index (χ1v) is 9.27. The third-order valence-corrected chi connectivity index (χ3v) is 5.62. The van der Waals surface area contributed by atoms with Gasteiger partial charge in [-0.05, 0) is 51.2 Å². The predicted molar refractivity (Wildman–Crippen MR) is 97.1 cm³/mol. The molecule has 1 aromatic rings. The highest BCUT2D eigenvalue weighted by Crippen LogP contribution is 2.17. The van der Waals surface area contributed by atoms with E-state index in [1.807, 2.05) is 13.8 Å². The number of piperidine rings is 1. The van der Waals surface area contributed by atoms with Crippen molar-refractivity contribution in [1.29, 1.82) is 0 Å². The Bertz CT molecular complexity index is 684. The van der Waals surface area contributed by atoms with Gasteiger partial charge in [0.2, 0.25) is 0 Å². The van der Waals surface area contributed by atoms with Crippen LogP contribution in [0.2, 0.25) is 0 Å². The number of hydrogen-bond acceptors (Lipinski definition) is 4. The van der Waals surface area contributed by atoms with Gasteiger partial charge in [0.25, 0.3) is 11.5 Å². The number of hydrogen-bond donors (Lipinski definition) is 1. The molecule has 25 heavy (non-hydrogen) atoms. The normalized spacial score (nSPS) is 22.3. The molecule has 0 spiro atoms. The van der Waals surface area contributed by atoms with Gasteiger partial charge in [0.15, 0.2) is 0 Å². The van der Waals surface area contributed by atoms with Gasteiger partial charge in [-0.15, -0.1) is 0 Å². The second-order valence-electron chi connectivity index (χ2n) is 7.37. The zero-order valence-corrected chi connectivity index (χ0v) is 15.5. The number of ether oxygens (including phenoxy) is 1. The fourth-order valence-electron chi connectivity index (χ4n) is 3.74. The molecule has 2 saturated heterocycles. The summed E-state index contributed by atoms with van der Waals surface area (Å²) < 4.78 is 7.25. The summed E-state index contributed by atoms with van der Waals surface area (Å²) in [6.07, 6.45) is 4.55. The Morgan fingerprint density at radius 2 is 2.00 bits per heavy atom. The average molecular weight is 347 g/mol. The Morgan fingerprint density at radius 3 is 2.64 bits per heavy atom. The van der Waals surface area contributed by atoms with Crippen molar-refractivity contribution in [3.8, 4) is 0 Å². The lowest BCUT2D eigenvalue weighted by Crippen LogP contribution is -2.47. The predicted octanol–water partition coefficient (Wildman–Crippen LogP) is 1.38. The lowest BCUT2D eigenvalue weighted by Gasteiger charge is -2.33. The first-order chi connectivity index (χ1) is 12.0. The smallest absolute Gasteiger partial charge is 0.263 e. The summed E-state index contributed by atoms with van der Waals surface area (Å²) in [5, 5.41) is 3.05. The number of carbonyl (C=O) groups excluding carboxylic acids is 1. The molecule has 0 bridgehead atoms. The summed E-state index contributed by atoms with van der Waals surface area (Å²) in [4.78, 5) is 27.3. The minimum Gasteiger partial charge on any atom is -0.377 e. The third kappa shape index (κ3) is 4.12. The van der Waals surface area contributed by atoms with Crippen molar-refractivity contribution in [3.63, 3.8) is 0 Å². The first kappa shape index (κ1) is 18.1. The number of amides is 1. The summed E-state index contributed by atoms with van der Waals surface area (Å²) in [7, 11) is 1.71. The number of aryl methyl sites for hydroxylation is 1. The Labute approximate surface area is 149 Å².